The second-order valence-corrected chi connectivity index (χ2v) is 9.67. The van der Waals surface area contributed by atoms with Crippen LogP contribution in [0, 0.1) is 6.92 Å². The number of anilines is 2. The number of sulfonamides is 1. The maximum atomic E-state index is 12.9. The summed E-state index contributed by atoms with van der Waals surface area (Å²) in [7, 11) is 1.81. The average molecular weight is 479 g/mol. The van der Waals surface area contributed by atoms with Crippen molar-refractivity contribution in [1.29, 1.82) is 0 Å². The van der Waals surface area contributed by atoms with Gasteiger partial charge in [0.1, 0.15) is 0 Å². The van der Waals surface area contributed by atoms with Crippen LogP contribution in [0.3, 0.4) is 0 Å². The minimum absolute atomic E-state index is 0.0277. The fourth-order valence-corrected chi connectivity index (χ4v) is 5.06. The van der Waals surface area contributed by atoms with Gasteiger partial charge in [0.15, 0.2) is 11.5 Å². The third-order valence-electron chi connectivity index (χ3n) is 4.50. The van der Waals surface area contributed by atoms with Crippen LogP contribution in [0.4, 0.5) is 10.8 Å². The van der Waals surface area contributed by atoms with Crippen LogP contribution in [0.15, 0.2) is 40.7 Å². The summed E-state index contributed by atoms with van der Waals surface area (Å²) in [5.41, 5.74) is 1.61. The fraction of sp³-hybridized carbons (Fsp3) is 0.250. The lowest BCUT2D eigenvalue weighted by molar-refractivity contribution is 0.102. The number of amides is 1. The molecule has 0 saturated carbocycles. The van der Waals surface area contributed by atoms with Crippen LogP contribution in [-0.4, -0.2) is 52.9 Å². The normalized spacial score (nSPS) is 11.0. The van der Waals surface area contributed by atoms with E-state index >= 15 is 0 Å². The van der Waals surface area contributed by atoms with E-state index in [2.05, 4.69) is 15.5 Å². The van der Waals surface area contributed by atoms with Crippen LogP contribution in [-0.2, 0) is 10.0 Å². The quantitative estimate of drug-likeness (QED) is 0.491. The van der Waals surface area contributed by atoms with Crippen molar-refractivity contribution < 1.29 is 27.4 Å². The summed E-state index contributed by atoms with van der Waals surface area (Å²) < 4.78 is 42.5. The molecule has 1 heterocycles. The van der Waals surface area contributed by atoms with Crippen LogP contribution < -0.4 is 23.8 Å². The summed E-state index contributed by atoms with van der Waals surface area (Å²) in [6.45, 7) is 1.87. The maximum Gasteiger partial charge on any atom is 0.293 e. The molecule has 1 aromatic heterocycles. The monoisotopic (exact) mass is 478 g/mol. The molecule has 0 aliphatic carbocycles. The predicted molar refractivity (Wildman–Crippen MR) is 121 cm³/mol. The Kier molecular flexibility index (Phi) is 6.84. The first-order chi connectivity index (χ1) is 15.2. The second kappa shape index (κ2) is 9.40. The van der Waals surface area contributed by atoms with Crippen LogP contribution in [0.5, 0.6) is 17.2 Å². The molecule has 3 aromatic rings. The lowest BCUT2D eigenvalue weighted by Crippen LogP contribution is -2.26. The Morgan fingerprint density at radius 1 is 1.03 bits per heavy atom. The van der Waals surface area contributed by atoms with Gasteiger partial charge in [-0.25, -0.2) is 0 Å². The Bertz CT molecular complexity index is 1220. The van der Waals surface area contributed by atoms with Gasteiger partial charge in [-0.3, -0.25) is 14.4 Å². The molecule has 3 rings (SSSR count). The molecule has 32 heavy (non-hydrogen) atoms. The third-order valence-corrected chi connectivity index (χ3v) is 7.47. The van der Waals surface area contributed by atoms with E-state index in [9.17, 15) is 13.2 Å². The fourth-order valence-electron chi connectivity index (χ4n) is 2.83. The summed E-state index contributed by atoms with van der Waals surface area (Å²) in [6, 6.07) is 10.00. The van der Waals surface area contributed by atoms with Gasteiger partial charge in [-0.15, -0.1) is 10.2 Å². The SMILES string of the molecule is COc1cc(C(=O)Nc2nnc(S(=O)(=O)N(C)c3cccc(C)c3)s2)cc(OC)c1OC. The summed E-state index contributed by atoms with van der Waals surface area (Å²) in [5.74, 6) is 0.404. The highest BCUT2D eigenvalue weighted by atomic mass is 32.2. The highest BCUT2D eigenvalue weighted by molar-refractivity contribution is 7.94. The number of aromatic nitrogens is 2. The Balaban J connectivity index is 1.84. The number of methoxy groups -OCH3 is 3. The predicted octanol–water partition coefficient (Wildman–Crippen LogP) is 2.95. The highest BCUT2D eigenvalue weighted by Crippen LogP contribution is 2.38. The van der Waals surface area contributed by atoms with Gasteiger partial charge in [-0.05, 0) is 36.8 Å². The van der Waals surface area contributed by atoms with Crippen LogP contribution in [0.2, 0.25) is 0 Å². The van der Waals surface area contributed by atoms with Gasteiger partial charge >= 0.3 is 0 Å². The van der Waals surface area contributed by atoms with Crippen LogP contribution >= 0.6 is 11.3 Å². The first-order valence-electron chi connectivity index (χ1n) is 9.21. The first kappa shape index (κ1) is 23.3. The van der Waals surface area contributed by atoms with Crippen LogP contribution in [0.1, 0.15) is 15.9 Å². The number of benzene rings is 2. The van der Waals surface area contributed by atoms with E-state index in [1.165, 1.54) is 40.5 Å². The van der Waals surface area contributed by atoms with Crippen molar-refractivity contribution in [2.45, 2.75) is 11.3 Å². The molecule has 0 aliphatic rings. The number of nitrogens with one attached hydrogen (secondary N) is 1. The molecule has 0 saturated heterocycles. The van der Waals surface area contributed by atoms with Crippen molar-refractivity contribution in [2.24, 2.45) is 0 Å². The first-order valence-corrected chi connectivity index (χ1v) is 11.5. The molecular formula is C20H22N4O6S2. The van der Waals surface area contributed by atoms with Gasteiger partial charge in [0.2, 0.25) is 10.9 Å². The molecule has 0 bridgehead atoms. The van der Waals surface area contributed by atoms with Gasteiger partial charge in [0, 0.05) is 12.6 Å². The summed E-state index contributed by atoms with van der Waals surface area (Å²) in [6.07, 6.45) is 0. The minimum Gasteiger partial charge on any atom is -0.493 e. The molecule has 1 amide bonds. The molecule has 1 N–H and O–H groups in total. The van der Waals surface area contributed by atoms with Crippen LogP contribution in [0.25, 0.3) is 0 Å². The molecule has 0 radical (unpaired) electrons. The number of carbonyl (C=O) groups excluding carboxylic acids is 1. The molecule has 12 heteroatoms. The van der Waals surface area contributed by atoms with Crippen molar-refractivity contribution in [2.75, 3.05) is 38.0 Å². The second-order valence-electron chi connectivity index (χ2n) is 6.55. The standard InChI is InChI=1S/C20H22N4O6S2/c1-12-7-6-8-14(9-12)24(2)32(26,27)20-23-22-19(31-20)21-18(25)13-10-15(28-3)17(30-5)16(11-13)29-4/h6-11H,1-5H3,(H,21,22,25). The third kappa shape index (κ3) is 4.60. The lowest BCUT2D eigenvalue weighted by Gasteiger charge is -2.17. The van der Waals surface area contributed by atoms with Gasteiger partial charge in [-0.2, -0.15) is 8.42 Å². The summed E-state index contributed by atoms with van der Waals surface area (Å²) in [4.78, 5) is 12.7. The summed E-state index contributed by atoms with van der Waals surface area (Å²) in [5, 5.41) is 10.1. The zero-order valence-corrected chi connectivity index (χ0v) is 19.7. The molecule has 170 valence electrons. The maximum absolute atomic E-state index is 12.9. The number of carbonyl (C=O) groups is 1. The smallest absolute Gasteiger partial charge is 0.293 e. The Labute approximate surface area is 189 Å². The zero-order chi connectivity index (χ0) is 23.5. The van der Waals surface area contributed by atoms with Gasteiger partial charge in [0.05, 0.1) is 27.0 Å². The zero-order valence-electron chi connectivity index (χ0n) is 18.1. The van der Waals surface area contributed by atoms with E-state index in [1.807, 2.05) is 13.0 Å². The molecule has 0 atom stereocenters. The van der Waals surface area contributed by atoms with E-state index < -0.39 is 15.9 Å². The van der Waals surface area contributed by atoms with Crippen molar-refractivity contribution in [3.05, 3.63) is 47.5 Å². The molecule has 2 aromatic carbocycles. The average Bonchev–Trinajstić information content (AvgIpc) is 3.26. The molecular weight excluding hydrogens is 456 g/mol. The van der Waals surface area contributed by atoms with E-state index in [0.29, 0.717) is 22.9 Å². The van der Waals surface area contributed by atoms with Crippen molar-refractivity contribution in [3.8, 4) is 17.2 Å². The molecule has 10 nitrogen and oxygen atoms in total. The van der Waals surface area contributed by atoms with E-state index in [1.54, 1.807) is 18.2 Å². The molecule has 0 fully saturated rings. The highest BCUT2D eigenvalue weighted by Gasteiger charge is 2.27. The number of rotatable bonds is 8. The number of nitrogens with zero attached hydrogens (tertiary/aromatic N) is 3. The Hall–Kier alpha value is -3.38. The van der Waals surface area contributed by atoms with Crippen molar-refractivity contribution in [3.63, 3.8) is 0 Å². The largest absolute Gasteiger partial charge is 0.493 e. The van der Waals surface area contributed by atoms with E-state index in [4.69, 9.17) is 14.2 Å². The van der Waals surface area contributed by atoms with E-state index in [-0.39, 0.29) is 15.0 Å². The Morgan fingerprint density at radius 3 is 2.25 bits per heavy atom. The minimum atomic E-state index is -3.95. The van der Waals surface area contributed by atoms with Gasteiger partial charge < -0.3 is 14.2 Å². The topological polar surface area (TPSA) is 120 Å². The molecule has 0 unspecified atom stereocenters. The van der Waals surface area contributed by atoms with Gasteiger partial charge in [-0.1, -0.05) is 23.5 Å². The van der Waals surface area contributed by atoms with Crippen molar-refractivity contribution >= 4 is 38.1 Å². The summed E-state index contributed by atoms with van der Waals surface area (Å²) >= 11 is 0.747. The molecule has 0 spiro atoms. The number of hydrogen-bond acceptors (Lipinski definition) is 9. The van der Waals surface area contributed by atoms with Gasteiger partial charge in [0.25, 0.3) is 20.3 Å². The Morgan fingerprint density at radius 2 is 1.69 bits per heavy atom. The lowest BCUT2D eigenvalue weighted by atomic mass is 10.1. The number of hydrogen-bond donors (Lipinski definition) is 1. The molecule has 0 aliphatic heterocycles. The number of ether oxygens (including phenoxy) is 3. The van der Waals surface area contributed by atoms with E-state index in [0.717, 1.165) is 21.2 Å². The van der Waals surface area contributed by atoms with Crippen molar-refractivity contribution in [1.82, 2.24) is 10.2 Å². The number of aryl methyl sites for hydroxylation is 1.